The third-order valence-electron chi connectivity index (χ3n) is 3.81. The van der Waals surface area contributed by atoms with Gasteiger partial charge in [-0.3, -0.25) is 0 Å². The number of nitrogens with one attached hydrogen (secondary N) is 2. The van der Waals surface area contributed by atoms with Crippen molar-refractivity contribution in [2.45, 2.75) is 26.7 Å². The van der Waals surface area contributed by atoms with Crippen LogP contribution in [0.2, 0.25) is 0 Å². The highest BCUT2D eigenvalue weighted by Crippen LogP contribution is 2.30. The third kappa shape index (κ3) is 4.17. The van der Waals surface area contributed by atoms with Gasteiger partial charge in [-0.2, -0.15) is 0 Å². The summed E-state index contributed by atoms with van der Waals surface area (Å²) >= 11 is 5.47. The lowest BCUT2D eigenvalue weighted by molar-refractivity contribution is 0.355. The van der Waals surface area contributed by atoms with Crippen molar-refractivity contribution >= 4 is 28.7 Å². The van der Waals surface area contributed by atoms with Crippen molar-refractivity contribution < 1.29 is 9.47 Å². The summed E-state index contributed by atoms with van der Waals surface area (Å²) in [6.07, 6.45) is 0. The van der Waals surface area contributed by atoms with Gasteiger partial charge in [0.2, 0.25) is 0 Å². The molecular weight excluding hydrogens is 320 g/mol. The van der Waals surface area contributed by atoms with E-state index < -0.39 is 0 Å². The Morgan fingerprint density at radius 2 is 1.71 bits per heavy atom. The monoisotopic (exact) mass is 344 g/mol. The molecule has 2 aromatic carbocycles. The fraction of sp³-hybridized carbons (Fsp3) is 0.316. The normalized spacial score (nSPS) is 10.4. The Hall–Kier alpha value is -2.27. The molecule has 0 spiro atoms. The standard InChI is InChI=1S/C19H24N2O2S/c1-12(2)15-8-6-7-13(3)18(15)21-19(24)20-14-9-10-16(22-4)17(11-14)23-5/h6-12H,1-5H3,(H2,20,21,24). The highest BCUT2D eigenvalue weighted by atomic mass is 32.1. The zero-order valence-electron chi connectivity index (χ0n) is 14.8. The molecule has 2 N–H and O–H groups in total. The van der Waals surface area contributed by atoms with E-state index in [-0.39, 0.29) is 0 Å². The molecule has 128 valence electrons. The minimum Gasteiger partial charge on any atom is -0.493 e. The van der Waals surface area contributed by atoms with Gasteiger partial charge in [0.1, 0.15) is 0 Å². The lowest BCUT2D eigenvalue weighted by atomic mass is 9.98. The molecule has 0 saturated heterocycles. The first-order valence-corrected chi connectivity index (χ1v) is 8.26. The van der Waals surface area contributed by atoms with Gasteiger partial charge in [-0.15, -0.1) is 0 Å². The molecule has 0 unspecified atom stereocenters. The summed E-state index contributed by atoms with van der Waals surface area (Å²) in [5.74, 6) is 1.75. The molecule has 0 atom stereocenters. The van der Waals surface area contributed by atoms with Crippen molar-refractivity contribution in [3.8, 4) is 11.5 Å². The summed E-state index contributed by atoms with van der Waals surface area (Å²) in [7, 11) is 3.23. The van der Waals surface area contributed by atoms with Gasteiger partial charge in [0, 0.05) is 17.4 Å². The lowest BCUT2D eigenvalue weighted by Gasteiger charge is -2.19. The lowest BCUT2D eigenvalue weighted by Crippen LogP contribution is -2.20. The van der Waals surface area contributed by atoms with Crippen LogP contribution < -0.4 is 20.1 Å². The average molecular weight is 344 g/mol. The van der Waals surface area contributed by atoms with Crippen molar-refractivity contribution in [1.29, 1.82) is 0 Å². The predicted molar refractivity (Wildman–Crippen MR) is 105 cm³/mol. The molecule has 2 rings (SSSR count). The summed E-state index contributed by atoms with van der Waals surface area (Å²) in [6, 6.07) is 11.9. The summed E-state index contributed by atoms with van der Waals surface area (Å²) in [5.41, 5.74) is 4.31. The molecule has 0 aliphatic rings. The first-order valence-electron chi connectivity index (χ1n) is 7.85. The SMILES string of the molecule is COc1ccc(NC(=S)Nc2c(C)cccc2C(C)C)cc1OC. The smallest absolute Gasteiger partial charge is 0.175 e. The molecule has 0 bridgehead atoms. The second kappa shape index (κ2) is 8.02. The number of thiocarbonyl (C=S) groups is 1. The largest absolute Gasteiger partial charge is 0.493 e. The second-order valence-corrected chi connectivity index (χ2v) is 6.25. The Morgan fingerprint density at radius 1 is 1.00 bits per heavy atom. The number of benzene rings is 2. The van der Waals surface area contributed by atoms with Gasteiger partial charge in [0.15, 0.2) is 16.6 Å². The van der Waals surface area contributed by atoms with Crippen LogP contribution in [0.3, 0.4) is 0 Å². The second-order valence-electron chi connectivity index (χ2n) is 5.84. The molecule has 0 fully saturated rings. The van der Waals surface area contributed by atoms with Crippen LogP contribution in [0.25, 0.3) is 0 Å². The van der Waals surface area contributed by atoms with Gasteiger partial charge >= 0.3 is 0 Å². The fourth-order valence-corrected chi connectivity index (χ4v) is 2.75. The zero-order chi connectivity index (χ0) is 17.7. The Morgan fingerprint density at radius 3 is 2.33 bits per heavy atom. The minimum absolute atomic E-state index is 0.413. The van der Waals surface area contributed by atoms with Crippen LogP contribution in [-0.2, 0) is 0 Å². The molecule has 24 heavy (non-hydrogen) atoms. The molecule has 0 amide bonds. The van der Waals surface area contributed by atoms with Crippen LogP contribution in [0.4, 0.5) is 11.4 Å². The van der Waals surface area contributed by atoms with Crippen LogP contribution in [0, 0.1) is 6.92 Å². The van der Waals surface area contributed by atoms with Crippen LogP contribution in [0.1, 0.15) is 30.9 Å². The van der Waals surface area contributed by atoms with Crippen molar-refractivity contribution in [2.24, 2.45) is 0 Å². The molecule has 0 aromatic heterocycles. The van der Waals surface area contributed by atoms with Crippen LogP contribution in [0.15, 0.2) is 36.4 Å². The van der Waals surface area contributed by atoms with E-state index in [2.05, 4.69) is 49.6 Å². The first kappa shape index (κ1) is 18.1. The molecule has 4 nitrogen and oxygen atoms in total. The number of hydrogen-bond acceptors (Lipinski definition) is 3. The molecule has 0 heterocycles. The van der Waals surface area contributed by atoms with Crippen LogP contribution in [0.5, 0.6) is 11.5 Å². The molecule has 0 saturated carbocycles. The third-order valence-corrected chi connectivity index (χ3v) is 4.01. The Kier molecular flexibility index (Phi) is 6.04. The van der Waals surface area contributed by atoms with Gasteiger partial charge < -0.3 is 20.1 Å². The van der Waals surface area contributed by atoms with E-state index in [4.69, 9.17) is 21.7 Å². The van der Waals surface area contributed by atoms with Gasteiger partial charge in [-0.05, 0) is 48.3 Å². The number of para-hydroxylation sites is 1. The number of rotatable bonds is 5. The van der Waals surface area contributed by atoms with Gasteiger partial charge in [-0.25, -0.2) is 0 Å². The number of ether oxygens (including phenoxy) is 2. The maximum absolute atomic E-state index is 5.47. The highest BCUT2D eigenvalue weighted by Gasteiger charge is 2.11. The molecule has 2 aromatic rings. The van der Waals surface area contributed by atoms with E-state index in [9.17, 15) is 0 Å². The van der Waals surface area contributed by atoms with Crippen molar-refractivity contribution in [3.05, 3.63) is 47.5 Å². The fourth-order valence-electron chi connectivity index (χ4n) is 2.53. The van der Waals surface area contributed by atoms with Gasteiger partial charge in [-0.1, -0.05) is 32.0 Å². The number of anilines is 2. The molecule has 0 radical (unpaired) electrons. The van der Waals surface area contributed by atoms with E-state index in [1.54, 1.807) is 14.2 Å². The van der Waals surface area contributed by atoms with Gasteiger partial charge in [0.25, 0.3) is 0 Å². The van der Waals surface area contributed by atoms with Crippen molar-refractivity contribution in [3.63, 3.8) is 0 Å². The van der Waals surface area contributed by atoms with E-state index in [1.165, 1.54) is 5.56 Å². The summed E-state index contributed by atoms with van der Waals surface area (Å²) in [6.45, 7) is 6.42. The Bertz CT molecular complexity index is 729. The maximum Gasteiger partial charge on any atom is 0.175 e. The number of hydrogen-bond donors (Lipinski definition) is 2. The van der Waals surface area contributed by atoms with E-state index >= 15 is 0 Å². The van der Waals surface area contributed by atoms with Crippen LogP contribution >= 0.6 is 12.2 Å². The molecule has 0 aliphatic heterocycles. The summed E-state index contributed by atoms with van der Waals surface area (Å²) in [4.78, 5) is 0. The highest BCUT2D eigenvalue weighted by molar-refractivity contribution is 7.80. The average Bonchev–Trinajstić information content (AvgIpc) is 2.56. The Balaban J connectivity index is 2.17. The predicted octanol–water partition coefficient (Wildman–Crippen LogP) is 4.94. The van der Waals surface area contributed by atoms with Crippen LogP contribution in [-0.4, -0.2) is 19.3 Å². The quantitative estimate of drug-likeness (QED) is 0.752. The maximum atomic E-state index is 5.47. The summed E-state index contributed by atoms with van der Waals surface area (Å²) in [5, 5.41) is 7.06. The molecule has 5 heteroatoms. The topological polar surface area (TPSA) is 42.5 Å². The van der Waals surface area contributed by atoms with Crippen molar-refractivity contribution in [1.82, 2.24) is 0 Å². The van der Waals surface area contributed by atoms with Crippen molar-refractivity contribution in [2.75, 3.05) is 24.9 Å². The Labute approximate surface area is 149 Å². The van der Waals surface area contributed by atoms with E-state index in [1.807, 2.05) is 18.2 Å². The number of methoxy groups -OCH3 is 2. The molecule has 0 aliphatic carbocycles. The zero-order valence-corrected chi connectivity index (χ0v) is 15.6. The molecular formula is C19H24N2O2S. The first-order chi connectivity index (χ1) is 11.5. The van der Waals surface area contributed by atoms with E-state index in [0.717, 1.165) is 16.9 Å². The number of aryl methyl sites for hydroxylation is 1. The summed E-state index contributed by atoms with van der Waals surface area (Å²) < 4.78 is 10.6. The van der Waals surface area contributed by atoms with Gasteiger partial charge in [0.05, 0.1) is 14.2 Å². The van der Waals surface area contributed by atoms with E-state index in [0.29, 0.717) is 22.5 Å². The minimum atomic E-state index is 0.413.